The predicted octanol–water partition coefficient (Wildman–Crippen LogP) is 2.71. The Morgan fingerprint density at radius 2 is 2.25 bits per heavy atom. The standard InChI is InChI=1S/C13H23N3/c1-10(2)11-7-15-16(9-11)12-5-6-13(3,4)14-8-12/h7,9-10,12,14H,5-6,8H2,1-4H3. The van der Waals surface area contributed by atoms with Crippen LogP contribution in [0, 0.1) is 0 Å². The van der Waals surface area contributed by atoms with Crippen molar-refractivity contribution in [1.29, 1.82) is 0 Å². The molecule has 90 valence electrons. The highest BCUT2D eigenvalue weighted by Gasteiger charge is 2.27. The third-order valence-corrected chi connectivity index (χ3v) is 3.58. The first-order chi connectivity index (χ1) is 7.48. The summed E-state index contributed by atoms with van der Waals surface area (Å²) >= 11 is 0. The summed E-state index contributed by atoms with van der Waals surface area (Å²) in [4.78, 5) is 0. The van der Waals surface area contributed by atoms with Crippen LogP contribution in [0.25, 0.3) is 0 Å². The molecule has 1 atom stereocenters. The van der Waals surface area contributed by atoms with Gasteiger partial charge in [-0.25, -0.2) is 0 Å². The molecule has 3 heteroatoms. The third-order valence-electron chi connectivity index (χ3n) is 3.58. The van der Waals surface area contributed by atoms with Gasteiger partial charge in [-0.1, -0.05) is 13.8 Å². The van der Waals surface area contributed by atoms with Crippen molar-refractivity contribution < 1.29 is 0 Å². The molecule has 2 rings (SSSR count). The first kappa shape index (κ1) is 11.6. The van der Waals surface area contributed by atoms with E-state index in [2.05, 4.69) is 49.0 Å². The molecule has 3 nitrogen and oxygen atoms in total. The van der Waals surface area contributed by atoms with Gasteiger partial charge in [0.1, 0.15) is 0 Å². The molecule has 0 amide bonds. The molecule has 1 unspecified atom stereocenters. The van der Waals surface area contributed by atoms with Gasteiger partial charge in [0.25, 0.3) is 0 Å². The fourth-order valence-electron chi connectivity index (χ4n) is 2.19. The monoisotopic (exact) mass is 221 g/mol. The molecule has 1 N–H and O–H groups in total. The lowest BCUT2D eigenvalue weighted by molar-refractivity contribution is 0.232. The van der Waals surface area contributed by atoms with Crippen LogP contribution in [0.5, 0.6) is 0 Å². The SMILES string of the molecule is CC(C)c1cnn(C2CCC(C)(C)NC2)c1. The van der Waals surface area contributed by atoms with Gasteiger partial charge in [0, 0.05) is 18.3 Å². The van der Waals surface area contributed by atoms with Crippen molar-refractivity contribution in [3.05, 3.63) is 18.0 Å². The Balaban J connectivity index is 2.03. The second kappa shape index (κ2) is 4.21. The van der Waals surface area contributed by atoms with Crippen molar-refractivity contribution in [2.75, 3.05) is 6.54 Å². The molecule has 0 aliphatic carbocycles. The maximum absolute atomic E-state index is 4.49. The zero-order chi connectivity index (χ0) is 11.8. The molecule has 16 heavy (non-hydrogen) atoms. The van der Waals surface area contributed by atoms with Gasteiger partial charge in [0.05, 0.1) is 12.2 Å². The van der Waals surface area contributed by atoms with Gasteiger partial charge >= 0.3 is 0 Å². The molecule has 1 fully saturated rings. The molecule has 0 aromatic carbocycles. The summed E-state index contributed by atoms with van der Waals surface area (Å²) in [6, 6.07) is 0.528. The van der Waals surface area contributed by atoms with Gasteiger partial charge in [-0.15, -0.1) is 0 Å². The first-order valence-corrected chi connectivity index (χ1v) is 6.27. The Hall–Kier alpha value is -0.830. The number of rotatable bonds is 2. The minimum atomic E-state index is 0.296. The summed E-state index contributed by atoms with van der Waals surface area (Å²) in [7, 11) is 0. The van der Waals surface area contributed by atoms with Crippen LogP contribution < -0.4 is 5.32 Å². The number of piperidine rings is 1. The van der Waals surface area contributed by atoms with Crippen LogP contribution >= 0.6 is 0 Å². The molecule has 0 radical (unpaired) electrons. The van der Waals surface area contributed by atoms with Crippen LogP contribution in [0.4, 0.5) is 0 Å². The van der Waals surface area contributed by atoms with E-state index in [9.17, 15) is 0 Å². The highest BCUT2D eigenvalue weighted by atomic mass is 15.3. The zero-order valence-corrected chi connectivity index (χ0v) is 10.8. The van der Waals surface area contributed by atoms with Gasteiger partial charge in [-0.2, -0.15) is 5.10 Å². The Morgan fingerprint density at radius 3 is 2.75 bits per heavy atom. The van der Waals surface area contributed by atoms with Crippen LogP contribution in [0.15, 0.2) is 12.4 Å². The van der Waals surface area contributed by atoms with Crippen molar-refractivity contribution in [2.45, 2.75) is 58.0 Å². The second-order valence-electron chi connectivity index (χ2n) is 5.87. The minimum absolute atomic E-state index is 0.296. The smallest absolute Gasteiger partial charge is 0.0644 e. The highest BCUT2D eigenvalue weighted by molar-refractivity contribution is 5.09. The largest absolute Gasteiger partial charge is 0.310 e. The Morgan fingerprint density at radius 1 is 1.50 bits per heavy atom. The first-order valence-electron chi connectivity index (χ1n) is 6.27. The van der Waals surface area contributed by atoms with Crippen molar-refractivity contribution in [2.24, 2.45) is 0 Å². The van der Waals surface area contributed by atoms with Crippen molar-refractivity contribution >= 4 is 0 Å². The zero-order valence-electron chi connectivity index (χ0n) is 10.8. The fraction of sp³-hybridized carbons (Fsp3) is 0.769. The summed E-state index contributed by atoms with van der Waals surface area (Å²) in [5.41, 5.74) is 1.63. The third kappa shape index (κ3) is 2.46. The molecule has 1 aliphatic rings. The summed E-state index contributed by atoms with van der Waals surface area (Å²) in [5.74, 6) is 0.571. The number of hydrogen-bond acceptors (Lipinski definition) is 2. The van der Waals surface area contributed by atoms with Crippen LogP contribution in [-0.4, -0.2) is 21.9 Å². The molecule has 0 bridgehead atoms. The maximum atomic E-state index is 4.49. The lowest BCUT2D eigenvalue weighted by atomic mass is 9.91. The van der Waals surface area contributed by atoms with Crippen molar-refractivity contribution in [3.63, 3.8) is 0 Å². The predicted molar refractivity (Wildman–Crippen MR) is 66.7 cm³/mol. The average Bonchev–Trinajstić information content (AvgIpc) is 2.66. The molecular weight excluding hydrogens is 198 g/mol. The van der Waals surface area contributed by atoms with E-state index in [1.807, 2.05) is 6.20 Å². The van der Waals surface area contributed by atoms with Gasteiger partial charge in [0.15, 0.2) is 0 Å². The topological polar surface area (TPSA) is 29.9 Å². The van der Waals surface area contributed by atoms with E-state index in [0.29, 0.717) is 17.5 Å². The van der Waals surface area contributed by atoms with E-state index >= 15 is 0 Å². The lowest BCUT2D eigenvalue weighted by Gasteiger charge is -2.35. The molecule has 2 heterocycles. The molecule has 1 saturated heterocycles. The van der Waals surface area contributed by atoms with Crippen LogP contribution in [0.1, 0.15) is 58.1 Å². The Kier molecular flexibility index (Phi) is 3.06. The van der Waals surface area contributed by atoms with E-state index in [1.165, 1.54) is 18.4 Å². The number of nitrogens with one attached hydrogen (secondary N) is 1. The summed E-state index contributed by atoms with van der Waals surface area (Å²) < 4.78 is 2.14. The molecule has 0 spiro atoms. The molecule has 0 saturated carbocycles. The summed E-state index contributed by atoms with van der Waals surface area (Å²) in [6.45, 7) is 10.00. The van der Waals surface area contributed by atoms with E-state index in [4.69, 9.17) is 0 Å². The van der Waals surface area contributed by atoms with Gasteiger partial charge in [-0.3, -0.25) is 4.68 Å². The molecule has 1 aliphatic heterocycles. The average molecular weight is 221 g/mol. The fourth-order valence-corrected chi connectivity index (χ4v) is 2.19. The quantitative estimate of drug-likeness (QED) is 0.832. The van der Waals surface area contributed by atoms with Crippen molar-refractivity contribution in [1.82, 2.24) is 15.1 Å². The molecular formula is C13H23N3. The molecule has 1 aromatic heterocycles. The second-order valence-corrected chi connectivity index (χ2v) is 5.87. The highest BCUT2D eigenvalue weighted by Crippen LogP contribution is 2.25. The lowest BCUT2D eigenvalue weighted by Crippen LogP contribution is -2.47. The van der Waals surface area contributed by atoms with Crippen molar-refractivity contribution in [3.8, 4) is 0 Å². The summed E-state index contributed by atoms with van der Waals surface area (Å²) in [6.07, 6.45) is 6.65. The van der Waals surface area contributed by atoms with E-state index in [1.54, 1.807) is 0 Å². The number of hydrogen-bond donors (Lipinski definition) is 1. The normalized spacial score (nSPS) is 24.9. The van der Waals surface area contributed by atoms with Gasteiger partial charge in [0.2, 0.25) is 0 Å². The van der Waals surface area contributed by atoms with Crippen LogP contribution in [0.3, 0.4) is 0 Å². The van der Waals surface area contributed by atoms with Crippen LogP contribution in [0.2, 0.25) is 0 Å². The van der Waals surface area contributed by atoms with Crippen LogP contribution in [-0.2, 0) is 0 Å². The maximum Gasteiger partial charge on any atom is 0.0644 e. The Labute approximate surface area is 98.2 Å². The number of aromatic nitrogens is 2. The van der Waals surface area contributed by atoms with Gasteiger partial charge in [-0.05, 0) is 38.2 Å². The summed E-state index contributed by atoms with van der Waals surface area (Å²) in [5, 5.41) is 8.07. The van der Waals surface area contributed by atoms with E-state index in [-0.39, 0.29) is 0 Å². The van der Waals surface area contributed by atoms with E-state index < -0.39 is 0 Å². The number of nitrogens with zero attached hydrogens (tertiary/aromatic N) is 2. The Bertz CT molecular complexity index is 342. The van der Waals surface area contributed by atoms with Gasteiger partial charge < -0.3 is 5.32 Å². The minimum Gasteiger partial charge on any atom is -0.310 e. The molecule has 1 aromatic rings. The van der Waals surface area contributed by atoms with E-state index in [0.717, 1.165) is 6.54 Å².